The largest absolute Gasteiger partial charge is 0.489 e. The van der Waals surface area contributed by atoms with Gasteiger partial charge in [0.1, 0.15) is 19.0 Å². The molecule has 196 valence electrons. The molecule has 0 aliphatic heterocycles. The van der Waals surface area contributed by atoms with E-state index >= 15 is 0 Å². The van der Waals surface area contributed by atoms with E-state index in [-0.39, 0.29) is 23.2 Å². The SMILES string of the molecule is Cc1ccc(S(=O)(=O)Nc2ncc(-c3ccc(OCc4ccccc4)cc3)nc2OCc2cccnc2)cc1. The number of benzene rings is 3. The second kappa shape index (κ2) is 11.7. The van der Waals surface area contributed by atoms with Gasteiger partial charge < -0.3 is 9.47 Å². The first kappa shape index (κ1) is 25.9. The number of sulfonamides is 1. The van der Waals surface area contributed by atoms with Gasteiger partial charge in [0.25, 0.3) is 15.9 Å². The van der Waals surface area contributed by atoms with Crippen molar-refractivity contribution in [2.45, 2.75) is 25.0 Å². The summed E-state index contributed by atoms with van der Waals surface area (Å²) in [4.78, 5) is 13.2. The minimum atomic E-state index is -3.91. The monoisotopic (exact) mass is 538 g/mol. The van der Waals surface area contributed by atoms with Gasteiger partial charge in [-0.15, -0.1) is 0 Å². The molecular weight excluding hydrogens is 512 g/mol. The van der Waals surface area contributed by atoms with Crippen molar-refractivity contribution in [1.29, 1.82) is 0 Å². The van der Waals surface area contributed by atoms with E-state index in [1.165, 1.54) is 18.3 Å². The van der Waals surface area contributed by atoms with Gasteiger partial charge in [-0.2, -0.15) is 0 Å². The highest BCUT2D eigenvalue weighted by atomic mass is 32.2. The summed E-state index contributed by atoms with van der Waals surface area (Å²) in [5.74, 6) is 0.758. The number of rotatable bonds is 10. The molecule has 0 bridgehead atoms. The van der Waals surface area contributed by atoms with Crippen LogP contribution in [0.15, 0.2) is 114 Å². The van der Waals surface area contributed by atoms with E-state index in [1.54, 1.807) is 30.6 Å². The highest BCUT2D eigenvalue weighted by Crippen LogP contribution is 2.28. The molecule has 0 amide bonds. The second-order valence-electron chi connectivity index (χ2n) is 8.78. The van der Waals surface area contributed by atoms with E-state index in [0.717, 1.165) is 22.3 Å². The van der Waals surface area contributed by atoms with Crippen LogP contribution in [0.4, 0.5) is 5.82 Å². The third-order valence-corrected chi connectivity index (χ3v) is 7.15. The fourth-order valence-corrected chi connectivity index (χ4v) is 4.69. The normalized spacial score (nSPS) is 11.1. The van der Waals surface area contributed by atoms with Crippen molar-refractivity contribution < 1.29 is 17.9 Å². The van der Waals surface area contributed by atoms with Crippen molar-refractivity contribution >= 4 is 15.8 Å². The molecule has 0 aliphatic rings. The average molecular weight is 539 g/mol. The highest BCUT2D eigenvalue weighted by Gasteiger charge is 2.20. The molecule has 9 heteroatoms. The van der Waals surface area contributed by atoms with Gasteiger partial charge in [0.05, 0.1) is 16.8 Å². The molecule has 5 aromatic rings. The standard InChI is InChI=1S/C30H26N4O4S/c1-22-9-15-27(16-10-22)39(35,36)34-29-30(38-21-24-8-5-17-31-18-24)33-28(19-32-29)25-11-13-26(14-12-25)37-20-23-6-3-2-4-7-23/h2-19H,20-21H2,1H3,(H,32,34). The second-order valence-corrected chi connectivity index (χ2v) is 10.5. The van der Waals surface area contributed by atoms with Crippen LogP contribution < -0.4 is 14.2 Å². The molecular formula is C30H26N4O4S. The summed E-state index contributed by atoms with van der Waals surface area (Å²) < 4.78 is 40.4. The summed E-state index contributed by atoms with van der Waals surface area (Å²) in [6.45, 7) is 2.49. The van der Waals surface area contributed by atoms with Gasteiger partial charge >= 0.3 is 0 Å². The van der Waals surface area contributed by atoms with Gasteiger partial charge in [-0.05, 0) is 55.0 Å². The minimum absolute atomic E-state index is 0.00831. The zero-order valence-corrected chi connectivity index (χ0v) is 22.0. The topological polar surface area (TPSA) is 103 Å². The van der Waals surface area contributed by atoms with Crippen molar-refractivity contribution in [3.63, 3.8) is 0 Å². The Kier molecular flexibility index (Phi) is 7.79. The van der Waals surface area contributed by atoms with Crippen molar-refractivity contribution in [2.75, 3.05) is 4.72 Å². The van der Waals surface area contributed by atoms with Crippen LogP contribution in [0.25, 0.3) is 11.3 Å². The zero-order valence-electron chi connectivity index (χ0n) is 21.2. The number of hydrogen-bond donors (Lipinski definition) is 1. The third kappa shape index (κ3) is 6.77. The lowest BCUT2D eigenvalue weighted by Gasteiger charge is -2.14. The van der Waals surface area contributed by atoms with Crippen molar-refractivity contribution in [2.24, 2.45) is 0 Å². The van der Waals surface area contributed by atoms with Gasteiger partial charge in [-0.1, -0.05) is 54.1 Å². The molecule has 0 saturated carbocycles. The van der Waals surface area contributed by atoms with E-state index < -0.39 is 10.0 Å². The predicted molar refractivity (Wildman–Crippen MR) is 149 cm³/mol. The summed E-state index contributed by atoms with van der Waals surface area (Å²) >= 11 is 0. The van der Waals surface area contributed by atoms with E-state index in [2.05, 4.69) is 19.7 Å². The number of nitrogens with zero attached hydrogens (tertiary/aromatic N) is 3. The van der Waals surface area contributed by atoms with Crippen LogP contribution >= 0.6 is 0 Å². The molecule has 0 unspecified atom stereocenters. The van der Waals surface area contributed by atoms with Crippen LogP contribution in [0, 0.1) is 6.92 Å². The lowest BCUT2D eigenvalue weighted by molar-refractivity contribution is 0.294. The summed E-state index contributed by atoms with van der Waals surface area (Å²) in [6, 6.07) is 27.5. The average Bonchev–Trinajstić information content (AvgIpc) is 2.97. The van der Waals surface area contributed by atoms with Gasteiger partial charge in [0, 0.05) is 23.5 Å². The Morgan fingerprint density at radius 3 is 2.21 bits per heavy atom. The highest BCUT2D eigenvalue weighted by molar-refractivity contribution is 7.92. The summed E-state index contributed by atoms with van der Waals surface area (Å²) in [7, 11) is -3.91. The van der Waals surface area contributed by atoms with Gasteiger partial charge in [0.2, 0.25) is 5.82 Å². The summed E-state index contributed by atoms with van der Waals surface area (Å²) in [5.41, 5.74) is 4.12. The van der Waals surface area contributed by atoms with Crippen molar-refractivity contribution in [3.8, 4) is 22.9 Å². The molecule has 2 aromatic heterocycles. The molecule has 0 atom stereocenters. The molecule has 0 aliphatic carbocycles. The maximum Gasteiger partial charge on any atom is 0.263 e. The van der Waals surface area contributed by atoms with Crippen LogP contribution in [-0.2, 0) is 23.2 Å². The molecule has 3 aromatic carbocycles. The Labute approximate surface area is 227 Å². The van der Waals surface area contributed by atoms with Crippen LogP contribution in [0.5, 0.6) is 11.6 Å². The molecule has 5 rings (SSSR count). The van der Waals surface area contributed by atoms with Crippen molar-refractivity contribution in [3.05, 3.63) is 126 Å². The number of nitrogens with one attached hydrogen (secondary N) is 1. The predicted octanol–water partition coefficient (Wildman–Crippen LogP) is 5.81. The first-order chi connectivity index (χ1) is 19.0. The first-order valence-electron chi connectivity index (χ1n) is 12.2. The van der Waals surface area contributed by atoms with Gasteiger partial charge in [0.15, 0.2) is 0 Å². The van der Waals surface area contributed by atoms with E-state index in [1.807, 2.05) is 67.6 Å². The Balaban J connectivity index is 1.38. The van der Waals surface area contributed by atoms with Gasteiger partial charge in [-0.25, -0.2) is 18.4 Å². The molecule has 1 N–H and O–H groups in total. The molecule has 8 nitrogen and oxygen atoms in total. The van der Waals surface area contributed by atoms with Crippen LogP contribution in [0.1, 0.15) is 16.7 Å². The maximum atomic E-state index is 13.0. The van der Waals surface area contributed by atoms with E-state index in [9.17, 15) is 8.42 Å². The lowest BCUT2D eigenvalue weighted by Crippen LogP contribution is -2.15. The number of hydrogen-bond acceptors (Lipinski definition) is 7. The number of ether oxygens (including phenoxy) is 2. The smallest absolute Gasteiger partial charge is 0.263 e. The molecule has 0 fully saturated rings. The fraction of sp³-hybridized carbons (Fsp3) is 0.100. The van der Waals surface area contributed by atoms with Gasteiger partial charge in [-0.3, -0.25) is 9.71 Å². The van der Waals surface area contributed by atoms with Crippen molar-refractivity contribution in [1.82, 2.24) is 15.0 Å². The molecule has 0 radical (unpaired) electrons. The Morgan fingerprint density at radius 1 is 0.769 bits per heavy atom. The van der Waals surface area contributed by atoms with Crippen LogP contribution in [0.2, 0.25) is 0 Å². The Morgan fingerprint density at radius 2 is 1.49 bits per heavy atom. The van der Waals surface area contributed by atoms with E-state index in [4.69, 9.17) is 9.47 Å². The number of aromatic nitrogens is 3. The van der Waals surface area contributed by atoms with E-state index in [0.29, 0.717) is 18.1 Å². The molecule has 39 heavy (non-hydrogen) atoms. The Bertz CT molecular complexity index is 1630. The minimum Gasteiger partial charge on any atom is -0.489 e. The third-order valence-electron chi connectivity index (χ3n) is 5.80. The zero-order chi connectivity index (χ0) is 27.1. The summed E-state index contributed by atoms with van der Waals surface area (Å²) in [6.07, 6.45) is 4.84. The van der Waals surface area contributed by atoms with Crippen LogP contribution in [-0.4, -0.2) is 23.4 Å². The van der Waals surface area contributed by atoms with Crippen LogP contribution in [0.3, 0.4) is 0 Å². The number of pyridine rings is 1. The molecule has 2 heterocycles. The molecule has 0 spiro atoms. The molecule has 0 saturated heterocycles. The fourth-order valence-electron chi connectivity index (χ4n) is 3.68. The number of aryl methyl sites for hydroxylation is 1. The number of anilines is 1. The lowest BCUT2D eigenvalue weighted by atomic mass is 10.1. The maximum absolute atomic E-state index is 13.0. The Hall–Kier alpha value is -4.76. The summed E-state index contributed by atoms with van der Waals surface area (Å²) in [5, 5.41) is 0. The first-order valence-corrected chi connectivity index (χ1v) is 13.7. The quantitative estimate of drug-likeness (QED) is 0.239.